The fourth-order valence-electron chi connectivity index (χ4n) is 3.88. The van der Waals surface area contributed by atoms with E-state index in [4.69, 9.17) is 16.3 Å². The number of rotatable bonds is 12. The summed E-state index contributed by atoms with van der Waals surface area (Å²) in [6.45, 7) is 5.00. The Morgan fingerprint density at radius 2 is 1.64 bits per heavy atom. The Balaban J connectivity index is 2.02. The van der Waals surface area contributed by atoms with Gasteiger partial charge in [-0.3, -0.25) is 13.9 Å². The lowest BCUT2D eigenvalue weighted by atomic mass is 10.1. The molecule has 0 saturated heterocycles. The Kier molecular flexibility index (Phi) is 10.4. The molecule has 1 N–H and O–H groups in total. The maximum Gasteiger partial charge on any atom is 0.264 e. The van der Waals surface area contributed by atoms with Gasteiger partial charge >= 0.3 is 0 Å². The number of hydrogen-bond donors (Lipinski definition) is 1. The Morgan fingerprint density at radius 1 is 0.974 bits per heavy atom. The maximum absolute atomic E-state index is 13.9. The summed E-state index contributed by atoms with van der Waals surface area (Å²) in [5, 5.41) is 3.40. The van der Waals surface area contributed by atoms with E-state index < -0.39 is 28.5 Å². The van der Waals surface area contributed by atoms with Crippen LogP contribution in [-0.2, 0) is 26.2 Å². The van der Waals surface area contributed by atoms with Gasteiger partial charge in [-0.2, -0.15) is 0 Å². The first-order chi connectivity index (χ1) is 18.6. The van der Waals surface area contributed by atoms with E-state index in [-0.39, 0.29) is 29.1 Å². The third-order valence-electron chi connectivity index (χ3n) is 6.38. The van der Waals surface area contributed by atoms with E-state index in [1.165, 1.54) is 24.1 Å². The molecule has 10 heteroatoms. The third-order valence-corrected chi connectivity index (χ3v) is 8.40. The van der Waals surface area contributed by atoms with Crippen molar-refractivity contribution in [1.29, 1.82) is 0 Å². The standard InChI is InChI=1S/C29H34ClN3O5S/c1-5-21(2)31-29(35)22(3)32(19-23-10-9-11-24(30)18-23)28(34)20-33(25-14-16-26(38-4)17-15-25)39(36,37)27-12-7-6-8-13-27/h6-18,21-22H,5,19-20H2,1-4H3,(H,31,35)/t21-,22-/m1/s1. The number of carbonyl (C=O) groups excluding carboxylic acids is 2. The smallest absolute Gasteiger partial charge is 0.264 e. The molecule has 3 rings (SSSR count). The van der Waals surface area contributed by atoms with Gasteiger partial charge in [0, 0.05) is 17.6 Å². The molecule has 8 nitrogen and oxygen atoms in total. The molecule has 0 heterocycles. The lowest BCUT2D eigenvalue weighted by Crippen LogP contribution is -2.52. The topological polar surface area (TPSA) is 96.0 Å². The predicted molar refractivity (Wildman–Crippen MR) is 153 cm³/mol. The van der Waals surface area contributed by atoms with Crippen molar-refractivity contribution < 1.29 is 22.7 Å². The van der Waals surface area contributed by atoms with Gasteiger partial charge in [0.2, 0.25) is 11.8 Å². The summed E-state index contributed by atoms with van der Waals surface area (Å²) in [5.74, 6) is -0.334. The lowest BCUT2D eigenvalue weighted by Gasteiger charge is -2.32. The molecule has 2 amide bonds. The van der Waals surface area contributed by atoms with E-state index in [0.717, 1.165) is 10.7 Å². The zero-order chi connectivity index (χ0) is 28.6. The van der Waals surface area contributed by atoms with Gasteiger partial charge in [-0.15, -0.1) is 0 Å². The molecule has 0 unspecified atom stereocenters. The van der Waals surface area contributed by atoms with Gasteiger partial charge in [0.05, 0.1) is 17.7 Å². The van der Waals surface area contributed by atoms with Crippen LogP contribution in [0, 0.1) is 0 Å². The van der Waals surface area contributed by atoms with Crippen molar-refractivity contribution in [3.8, 4) is 5.75 Å². The van der Waals surface area contributed by atoms with Gasteiger partial charge in [-0.05, 0) is 74.4 Å². The van der Waals surface area contributed by atoms with Crippen LogP contribution in [0.25, 0.3) is 0 Å². The van der Waals surface area contributed by atoms with Crippen molar-refractivity contribution in [2.45, 2.75) is 50.7 Å². The number of amides is 2. The molecule has 0 aliphatic heterocycles. The molecule has 3 aromatic carbocycles. The number of carbonyl (C=O) groups is 2. The van der Waals surface area contributed by atoms with Crippen LogP contribution in [0.1, 0.15) is 32.8 Å². The van der Waals surface area contributed by atoms with Gasteiger partial charge in [-0.25, -0.2) is 8.42 Å². The largest absolute Gasteiger partial charge is 0.497 e. The van der Waals surface area contributed by atoms with E-state index in [0.29, 0.717) is 16.3 Å². The average Bonchev–Trinajstić information content (AvgIpc) is 2.94. The molecular weight excluding hydrogens is 538 g/mol. The van der Waals surface area contributed by atoms with Crippen LogP contribution in [0.3, 0.4) is 0 Å². The summed E-state index contributed by atoms with van der Waals surface area (Å²) in [5.41, 5.74) is 0.994. The first kappa shape index (κ1) is 30.0. The number of hydrogen-bond acceptors (Lipinski definition) is 5. The molecular formula is C29H34ClN3O5S. The maximum atomic E-state index is 13.9. The molecule has 0 saturated carbocycles. The van der Waals surface area contributed by atoms with Crippen LogP contribution in [0.2, 0.25) is 5.02 Å². The molecule has 0 aliphatic carbocycles. The van der Waals surface area contributed by atoms with E-state index in [9.17, 15) is 18.0 Å². The molecule has 0 aromatic heterocycles. The summed E-state index contributed by atoms with van der Waals surface area (Å²) in [6.07, 6.45) is 0.723. The first-order valence-corrected chi connectivity index (χ1v) is 14.4. The minimum absolute atomic E-state index is 0.0394. The molecule has 39 heavy (non-hydrogen) atoms. The van der Waals surface area contributed by atoms with Crippen molar-refractivity contribution >= 4 is 39.1 Å². The van der Waals surface area contributed by atoms with Crippen molar-refractivity contribution in [2.24, 2.45) is 0 Å². The van der Waals surface area contributed by atoms with E-state index in [1.54, 1.807) is 73.7 Å². The number of halogens is 1. The minimum Gasteiger partial charge on any atom is -0.497 e. The van der Waals surface area contributed by atoms with Gasteiger partial charge in [0.1, 0.15) is 18.3 Å². The molecule has 0 spiro atoms. The normalized spacial score (nSPS) is 12.7. The number of ether oxygens (including phenoxy) is 1. The lowest BCUT2D eigenvalue weighted by molar-refractivity contribution is -0.139. The zero-order valence-corrected chi connectivity index (χ0v) is 24.1. The van der Waals surface area contributed by atoms with Crippen LogP contribution in [-0.4, -0.2) is 50.9 Å². The molecule has 3 aromatic rings. The summed E-state index contributed by atoms with van der Waals surface area (Å²) in [7, 11) is -2.62. The molecule has 0 bridgehead atoms. The molecule has 0 radical (unpaired) electrons. The van der Waals surface area contributed by atoms with Crippen LogP contribution in [0.4, 0.5) is 5.69 Å². The molecule has 0 aliphatic rings. The monoisotopic (exact) mass is 571 g/mol. The minimum atomic E-state index is -4.13. The van der Waals surface area contributed by atoms with Crippen LogP contribution < -0.4 is 14.4 Å². The Bertz CT molecular complexity index is 1370. The number of nitrogens with zero attached hydrogens (tertiary/aromatic N) is 2. The quantitative estimate of drug-likeness (QED) is 0.334. The van der Waals surface area contributed by atoms with Gasteiger partial charge < -0.3 is 15.0 Å². The zero-order valence-electron chi connectivity index (χ0n) is 22.5. The second-order valence-corrected chi connectivity index (χ2v) is 11.5. The highest BCUT2D eigenvalue weighted by Crippen LogP contribution is 2.26. The third kappa shape index (κ3) is 7.74. The van der Waals surface area contributed by atoms with Gasteiger partial charge in [0.25, 0.3) is 10.0 Å². The van der Waals surface area contributed by atoms with Crippen molar-refractivity contribution in [1.82, 2.24) is 10.2 Å². The number of benzene rings is 3. The second-order valence-electron chi connectivity index (χ2n) is 9.17. The highest BCUT2D eigenvalue weighted by Gasteiger charge is 2.32. The SMILES string of the molecule is CC[C@@H](C)NC(=O)[C@@H](C)N(Cc1cccc(Cl)c1)C(=O)CN(c1ccc(OC)cc1)S(=O)(=O)c1ccccc1. The van der Waals surface area contributed by atoms with E-state index in [1.807, 2.05) is 13.8 Å². The molecule has 2 atom stereocenters. The van der Waals surface area contributed by atoms with Gasteiger partial charge in [0.15, 0.2) is 0 Å². The van der Waals surface area contributed by atoms with Crippen molar-refractivity contribution in [3.05, 3.63) is 89.4 Å². The van der Waals surface area contributed by atoms with Crippen LogP contribution >= 0.6 is 11.6 Å². The summed E-state index contributed by atoms with van der Waals surface area (Å²) in [4.78, 5) is 28.4. The van der Waals surface area contributed by atoms with Gasteiger partial charge in [-0.1, -0.05) is 48.9 Å². The number of methoxy groups -OCH3 is 1. The van der Waals surface area contributed by atoms with Crippen LogP contribution in [0.5, 0.6) is 5.75 Å². The highest BCUT2D eigenvalue weighted by atomic mass is 35.5. The molecule has 208 valence electrons. The van der Waals surface area contributed by atoms with Crippen LogP contribution in [0.15, 0.2) is 83.8 Å². The first-order valence-electron chi connectivity index (χ1n) is 12.6. The average molecular weight is 572 g/mol. The summed E-state index contributed by atoms with van der Waals surface area (Å²) < 4.78 is 33.8. The Labute approximate surface area is 235 Å². The van der Waals surface area contributed by atoms with E-state index in [2.05, 4.69) is 5.32 Å². The molecule has 0 fully saturated rings. The highest BCUT2D eigenvalue weighted by molar-refractivity contribution is 7.92. The van der Waals surface area contributed by atoms with Crippen molar-refractivity contribution in [3.63, 3.8) is 0 Å². The second kappa shape index (κ2) is 13.5. The summed E-state index contributed by atoms with van der Waals surface area (Å²) >= 11 is 6.17. The fraction of sp³-hybridized carbons (Fsp3) is 0.310. The number of sulfonamides is 1. The number of anilines is 1. The predicted octanol–water partition coefficient (Wildman–Crippen LogP) is 4.88. The Morgan fingerprint density at radius 3 is 2.23 bits per heavy atom. The Hall–Kier alpha value is -3.56. The fourth-order valence-corrected chi connectivity index (χ4v) is 5.53. The van der Waals surface area contributed by atoms with Crippen molar-refractivity contribution in [2.75, 3.05) is 18.0 Å². The summed E-state index contributed by atoms with van der Waals surface area (Å²) in [6, 6.07) is 20.3. The van der Waals surface area contributed by atoms with E-state index >= 15 is 0 Å². The number of nitrogens with one attached hydrogen (secondary N) is 1.